The maximum Gasteiger partial charge on any atom is 0.146 e. The van der Waals surface area contributed by atoms with Gasteiger partial charge in [-0.2, -0.15) is 5.26 Å². The molecule has 0 N–H and O–H groups in total. The van der Waals surface area contributed by atoms with Crippen molar-refractivity contribution in [2.24, 2.45) is 0 Å². The average molecular weight is 212 g/mol. The number of rotatable bonds is 2. The van der Waals surface area contributed by atoms with Gasteiger partial charge in [-0.25, -0.2) is 4.39 Å². The van der Waals surface area contributed by atoms with Crippen molar-refractivity contribution in [2.75, 3.05) is 0 Å². The summed E-state index contributed by atoms with van der Waals surface area (Å²) in [7, 11) is 0. The maximum absolute atomic E-state index is 13.6. The lowest BCUT2D eigenvalue weighted by molar-refractivity contribution is 0.583. The van der Waals surface area contributed by atoms with Gasteiger partial charge in [0.1, 0.15) is 11.9 Å². The minimum absolute atomic E-state index is 0.0645. The molecule has 0 spiro atoms. The van der Waals surface area contributed by atoms with Gasteiger partial charge in [-0.05, 0) is 24.0 Å². The summed E-state index contributed by atoms with van der Waals surface area (Å²) < 4.78 is 13.6. The summed E-state index contributed by atoms with van der Waals surface area (Å²) in [6, 6.07) is 5.04. The maximum atomic E-state index is 13.6. The van der Waals surface area contributed by atoms with Gasteiger partial charge in [0.2, 0.25) is 0 Å². The molecular weight excluding hydrogens is 201 g/mol. The predicted molar refractivity (Wildman–Crippen MR) is 54.8 cm³/mol. The van der Waals surface area contributed by atoms with Gasteiger partial charge < -0.3 is 0 Å². The number of benzene rings is 1. The molecule has 1 aromatic carbocycles. The van der Waals surface area contributed by atoms with Crippen molar-refractivity contribution in [1.29, 1.82) is 5.26 Å². The number of halogens is 2. The highest BCUT2D eigenvalue weighted by Crippen LogP contribution is 2.28. The fourth-order valence-corrected chi connectivity index (χ4v) is 1.47. The van der Waals surface area contributed by atoms with Crippen LogP contribution in [0.5, 0.6) is 0 Å². The number of hydrogen-bond acceptors (Lipinski definition) is 1. The Morgan fingerprint density at radius 3 is 2.71 bits per heavy atom. The molecule has 74 valence electrons. The summed E-state index contributed by atoms with van der Waals surface area (Å²) in [5.74, 6) is -0.333. The zero-order chi connectivity index (χ0) is 10.7. The average Bonchev–Trinajstić information content (AvgIpc) is 2.21. The molecule has 0 fully saturated rings. The van der Waals surface area contributed by atoms with Gasteiger partial charge in [0.15, 0.2) is 0 Å². The van der Waals surface area contributed by atoms with Crippen LogP contribution < -0.4 is 0 Å². The fraction of sp³-hybridized carbons (Fsp3) is 0.364. The minimum atomic E-state index is -0.458. The fourth-order valence-electron chi connectivity index (χ4n) is 1.25. The molecule has 0 radical (unpaired) electrons. The Bertz CT molecular complexity index is 382. The Hall–Kier alpha value is -1.07. The quantitative estimate of drug-likeness (QED) is 0.729. The smallest absolute Gasteiger partial charge is 0.146 e. The van der Waals surface area contributed by atoms with E-state index < -0.39 is 5.82 Å². The second-order valence-electron chi connectivity index (χ2n) is 3.25. The van der Waals surface area contributed by atoms with E-state index in [2.05, 4.69) is 0 Å². The van der Waals surface area contributed by atoms with Crippen LogP contribution in [0.2, 0.25) is 5.02 Å². The molecule has 1 unspecified atom stereocenters. The number of nitriles is 1. The van der Waals surface area contributed by atoms with Crippen LogP contribution in [-0.2, 0) is 0 Å². The van der Waals surface area contributed by atoms with Crippen molar-refractivity contribution in [3.8, 4) is 6.07 Å². The van der Waals surface area contributed by atoms with Crippen LogP contribution >= 0.6 is 11.6 Å². The molecule has 0 aliphatic heterocycles. The van der Waals surface area contributed by atoms with Crippen molar-refractivity contribution in [2.45, 2.75) is 26.2 Å². The Morgan fingerprint density at radius 2 is 2.21 bits per heavy atom. The van der Waals surface area contributed by atoms with Gasteiger partial charge >= 0.3 is 0 Å². The molecule has 1 nitrogen and oxygen atoms in total. The third-order valence-corrected chi connectivity index (χ3v) is 2.75. The van der Waals surface area contributed by atoms with Crippen LogP contribution in [0.15, 0.2) is 12.1 Å². The molecule has 0 saturated carbocycles. The van der Waals surface area contributed by atoms with Crippen molar-refractivity contribution in [3.63, 3.8) is 0 Å². The minimum Gasteiger partial charge on any atom is -0.205 e. The summed E-state index contributed by atoms with van der Waals surface area (Å²) in [5.41, 5.74) is 0.771. The summed E-state index contributed by atoms with van der Waals surface area (Å²) >= 11 is 5.70. The second-order valence-corrected chi connectivity index (χ2v) is 3.63. The SMILES string of the molecule is CCC(C)c1ccc(C#N)c(Cl)c1F. The summed E-state index contributed by atoms with van der Waals surface area (Å²) in [6.45, 7) is 3.91. The Labute approximate surface area is 88.1 Å². The molecular formula is C11H11ClFN. The molecule has 0 heterocycles. The second kappa shape index (κ2) is 4.43. The van der Waals surface area contributed by atoms with Gasteiger partial charge in [0.25, 0.3) is 0 Å². The van der Waals surface area contributed by atoms with E-state index in [0.29, 0.717) is 5.56 Å². The van der Waals surface area contributed by atoms with Crippen LogP contribution in [0.25, 0.3) is 0 Å². The predicted octanol–water partition coefficient (Wildman–Crippen LogP) is 3.86. The third-order valence-electron chi connectivity index (χ3n) is 2.38. The van der Waals surface area contributed by atoms with Crippen LogP contribution in [0.4, 0.5) is 4.39 Å². The van der Waals surface area contributed by atoms with Gasteiger partial charge in [0, 0.05) is 0 Å². The molecule has 1 aromatic rings. The zero-order valence-corrected chi connectivity index (χ0v) is 8.90. The lowest BCUT2D eigenvalue weighted by atomic mass is 9.97. The van der Waals surface area contributed by atoms with E-state index in [1.54, 1.807) is 12.1 Å². The Balaban J connectivity index is 3.25. The molecule has 14 heavy (non-hydrogen) atoms. The first-order valence-corrected chi connectivity index (χ1v) is 4.87. The highest BCUT2D eigenvalue weighted by atomic mass is 35.5. The molecule has 0 saturated heterocycles. The molecule has 1 rings (SSSR count). The molecule has 0 aliphatic rings. The first kappa shape index (κ1) is 11.0. The summed E-state index contributed by atoms with van der Waals surface area (Å²) in [6.07, 6.45) is 0.846. The topological polar surface area (TPSA) is 23.8 Å². The molecule has 0 aromatic heterocycles. The van der Waals surface area contributed by atoms with Crippen LogP contribution in [0.3, 0.4) is 0 Å². The van der Waals surface area contributed by atoms with Crippen molar-refractivity contribution in [3.05, 3.63) is 34.1 Å². The van der Waals surface area contributed by atoms with E-state index in [0.717, 1.165) is 6.42 Å². The van der Waals surface area contributed by atoms with E-state index in [4.69, 9.17) is 16.9 Å². The number of nitrogens with zero attached hydrogens (tertiary/aromatic N) is 1. The van der Waals surface area contributed by atoms with Gasteiger partial charge in [-0.1, -0.05) is 31.5 Å². The third kappa shape index (κ3) is 1.88. The van der Waals surface area contributed by atoms with Crippen molar-refractivity contribution >= 4 is 11.6 Å². The normalized spacial score (nSPS) is 12.2. The van der Waals surface area contributed by atoms with Gasteiger partial charge in [-0.3, -0.25) is 0 Å². The van der Waals surface area contributed by atoms with Crippen LogP contribution in [0, 0.1) is 17.1 Å². The van der Waals surface area contributed by atoms with Crippen LogP contribution in [-0.4, -0.2) is 0 Å². The van der Waals surface area contributed by atoms with E-state index in [-0.39, 0.29) is 16.5 Å². The molecule has 0 aliphatic carbocycles. The number of hydrogen-bond donors (Lipinski definition) is 0. The highest BCUT2D eigenvalue weighted by Gasteiger charge is 2.14. The molecule has 0 bridgehead atoms. The largest absolute Gasteiger partial charge is 0.205 e. The van der Waals surface area contributed by atoms with Gasteiger partial charge in [-0.15, -0.1) is 0 Å². The monoisotopic (exact) mass is 211 g/mol. The molecule has 1 atom stereocenters. The Morgan fingerprint density at radius 1 is 1.57 bits per heavy atom. The lowest BCUT2D eigenvalue weighted by Gasteiger charge is -2.11. The van der Waals surface area contributed by atoms with E-state index in [1.807, 2.05) is 19.9 Å². The first-order valence-electron chi connectivity index (χ1n) is 4.49. The summed E-state index contributed by atoms with van der Waals surface area (Å²) in [4.78, 5) is 0. The lowest BCUT2D eigenvalue weighted by Crippen LogP contribution is -1.97. The zero-order valence-electron chi connectivity index (χ0n) is 8.14. The van der Waals surface area contributed by atoms with E-state index in [9.17, 15) is 4.39 Å². The van der Waals surface area contributed by atoms with Crippen molar-refractivity contribution < 1.29 is 4.39 Å². The van der Waals surface area contributed by atoms with Gasteiger partial charge in [0.05, 0.1) is 10.6 Å². The highest BCUT2D eigenvalue weighted by molar-refractivity contribution is 6.31. The standard InChI is InChI=1S/C11H11ClFN/c1-3-7(2)9-5-4-8(6-14)10(12)11(9)13/h4-5,7H,3H2,1-2H3. The van der Waals surface area contributed by atoms with E-state index in [1.165, 1.54) is 0 Å². The first-order chi connectivity index (χ1) is 6.61. The van der Waals surface area contributed by atoms with E-state index >= 15 is 0 Å². The molecule has 3 heteroatoms. The Kier molecular flexibility index (Phi) is 3.49. The molecule has 0 amide bonds. The van der Waals surface area contributed by atoms with Crippen molar-refractivity contribution in [1.82, 2.24) is 0 Å². The summed E-state index contributed by atoms with van der Waals surface area (Å²) in [5, 5.41) is 8.56. The van der Waals surface area contributed by atoms with Crippen LogP contribution in [0.1, 0.15) is 37.3 Å².